The first-order valence-corrected chi connectivity index (χ1v) is 7.95. The summed E-state index contributed by atoms with van der Waals surface area (Å²) in [6.45, 7) is 0. The molecule has 2 rings (SSSR count). The predicted octanol–water partition coefficient (Wildman–Crippen LogP) is 1.40. The van der Waals surface area contributed by atoms with Gasteiger partial charge < -0.3 is 5.32 Å². The van der Waals surface area contributed by atoms with Crippen LogP contribution in [0.1, 0.15) is 42.5 Å². The number of carbonyl (C=O) groups excluding carboxylic acids is 1. The minimum Gasteiger partial charge on any atom is -0.349 e. The largest absolute Gasteiger partial charge is 0.349 e. The van der Waals surface area contributed by atoms with Crippen molar-refractivity contribution in [3.63, 3.8) is 0 Å². The fraction of sp³-hybridized carbons (Fsp3) is 0.462. The van der Waals surface area contributed by atoms with Gasteiger partial charge in [-0.05, 0) is 37.1 Å². The lowest BCUT2D eigenvalue weighted by atomic mass is 9.95. The van der Waals surface area contributed by atoms with Crippen molar-refractivity contribution in [3.8, 4) is 0 Å². The number of sulfonamides is 1. The van der Waals surface area contributed by atoms with E-state index in [9.17, 15) is 13.2 Å². The highest BCUT2D eigenvalue weighted by Crippen LogP contribution is 2.18. The summed E-state index contributed by atoms with van der Waals surface area (Å²) in [4.78, 5) is 12.0. The molecule has 0 aromatic heterocycles. The lowest BCUT2D eigenvalue weighted by molar-refractivity contribution is 0.0927. The van der Waals surface area contributed by atoms with Crippen LogP contribution in [0.3, 0.4) is 0 Å². The van der Waals surface area contributed by atoms with E-state index in [4.69, 9.17) is 5.14 Å². The summed E-state index contributed by atoms with van der Waals surface area (Å²) in [6.07, 6.45) is 5.56. The fourth-order valence-corrected chi connectivity index (χ4v) is 2.83. The Bertz CT molecular complexity index is 546. The van der Waals surface area contributed by atoms with Crippen LogP contribution in [0.4, 0.5) is 0 Å². The first-order valence-electron chi connectivity index (χ1n) is 6.40. The van der Waals surface area contributed by atoms with Crippen LogP contribution in [-0.2, 0) is 10.0 Å². The summed E-state index contributed by atoms with van der Waals surface area (Å²) in [5.41, 5.74) is 0.456. The molecule has 3 N–H and O–H groups in total. The monoisotopic (exact) mass is 282 g/mol. The van der Waals surface area contributed by atoms with Crippen LogP contribution >= 0.6 is 0 Å². The molecule has 0 aliphatic heterocycles. The summed E-state index contributed by atoms with van der Waals surface area (Å²) in [7, 11) is -3.70. The van der Waals surface area contributed by atoms with Crippen molar-refractivity contribution in [2.75, 3.05) is 0 Å². The summed E-state index contributed by atoms with van der Waals surface area (Å²) in [5, 5.41) is 7.98. The highest BCUT2D eigenvalue weighted by molar-refractivity contribution is 7.89. The Kier molecular flexibility index (Phi) is 4.21. The van der Waals surface area contributed by atoms with Crippen molar-refractivity contribution < 1.29 is 13.2 Å². The van der Waals surface area contributed by atoms with Crippen LogP contribution in [0.15, 0.2) is 29.2 Å². The SMILES string of the molecule is NS(=O)(=O)c1ccc(C(=O)NC2CCCCC2)cc1. The average Bonchev–Trinajstić information content (AvgIpc) is 2.39. The van der Waals surface area contributed by atoms with E-state index in [0.29, 0.717) is 5.56 Å². The third-order valence-electron chi connectivity index (χ3n) is 3.39. The summed E-state index contributed by atoms with van der Waals surface area (Å²) < 4.78 is 22.2. The van der Waals surface area contributed by atoms with E-state index in [1.54, 1.807) is 0 Å². The molecular weight excluding hydrogens is 264 g/mol. The Hall–Kier alpha value is -1.40. The Morgan fingerprint density at radius 2 is 1.68 bits per heavy atom. The molecule has 1 aliphatic rings. The van der Waals surface area contributed by atoms with Crippen LogP contribution < -0.4 is 10.5 Å². The Labute approximate surface area is 113 Å². The molecule has 1 aromatic rings. The highest BCUT2D eigenvalue weighted by Gasteiger charge is 2.17. The number of rotatable bonds is 3. The van der Waals surface area contributed by atoms with Crippen molar-refractivity contribution in [1.29, 1.82) is 0 Å². The van der Waals surface area contributed by atoms with Gasteiger partial charge in [-0.25, -0.2) is 13.6 Å². The van der Waals surface area contributed by atoms with Crippen molar-refractivity contribution in [1.82, 2.24) is 5.32 Å². The first kappa shape index (κ1) is 14.0. The number of amides is 1. The van der Waals surface area contributed by atoms with Gasteiger partial charge >= 0.3 is 0 Å². The lowest BCUT2D eigenvalue weighted by Gasteiger charge is -2.22. The molecule has 0 unspecified atom stereocenters. The molecule has 104 valence electrons. The molecule has 1 aromatic carbocycles. The number of hydrogen-bond donors (Lipinski definition) is 2. The van der Waals surface area contributed by atoms with Gasteiger partial charge in [-0.1, -0.05) is 19.3 Å². The number of benzene rings is 1. The second kappa shape index (κ2) is 5.71. The molecule has 5 nitrogen and oxygen atoms in total. The molecule has 0 bridgehead atoms. The Morgan fingerprint density at radius 3 is 2.21 bits per heavy atom. The second-order valence-electron chi connectivity index (χ2n) is 4.88. The second-order valence-corrected chi connectivity index (χ2v) is 6.44. The summed E-state index contributed by atoms with van der Waals surface area (Å²) in [5.74, 6) is -0.159. The van der Waals surface area contributed by atoms with Gasteiger partial charge in [-0.2, -0.15) is 0 Å². The zero-order valence-corrected chi connectivity index (χ0v) is 11.4. The summed E-state index contributed by atoms with van der Waals surface area (Å²) in [6, 6.07) is 5.91. The van der Waals surface area contributed by atoms with Crippen LogP contribution in [0.2, 0.25) is 0 Å². The maximum Gasteiger partial charge on any atom is 0.251 e. The van der Waals surface area contributed by atoms with E-state index in [0.717, 1.165) is 25.7 Å². The van der Waals surface area contributed by atoms with E-state index in [1.807, 2.05) is 0 Å². The van der Waals surface area contributed by atoms with Gasteiger partial charge in [0, 0.05) is 11.6 Å². The fourth-order valence-electron chi connectivity index (χ4n) is 2.31. The molecule has 0 spiro atoms. The molecule has 6 heteroatoms. The number of nitrogens with two attached hydrogens (primary N) is 1. The molecule has 1 saturated carbocycles. The Morgan fingerprint density at radius 1 is 1.11 bits per heavy atom. The first-order chi connectivity index (χ1) is 8.97. The van der Waals surface area contributed by atoms with Crippen molar-refractivity contribution in [2.45, 2.75) is 43.0 Å². The average molecular weight is 282 g/mol. The smallest absolute Gasteiger partial charge is 0.251 e. The van der Waals surface area contributed by atoms with Crippen molar-refractivity contribution in [2.24, 2.45) is 5.14 Å². The van der Waals surface area contributed by atoms with Crippen LogP contribution in [0, 0.1) is 0 Å². The lowest BCUT2D eigenvalue weighted by Crippen LogP contribution is -2.36. The van der Waals surface area contributed by atoms with Gasteiger partial charge in [-0.3, -0.25) is 4.79 Å². The normalized spacial score (nSPS) is 17.1. The van der Waals surface area contributed by atoms with Gasteiger partial charge in [0.1, 0.15) is 0 Å². The van der Waals surface area contributed by atoms with E-state index in [-0.39, 0.29) is 16.8 Å². The Balaban J connectivity index is 2.03. The zero-order chi connectivity index (χ0) is 13.9. The third kappa shape index (κ3) is 3.78. The molecule has 0 saturated heterocycles. The van der Waals surface area contributed by atoms with Crippen molar-refractivity contribution in [3.05, 3.63) is 29.8 Å². The molecule has 0 heterocycles. The van der Waals surface area contributed by atoms with Gasteiger partial charge in [0.2, 0.25) is 10.0 Å². The maximum atomic E-state index is 12.0. The van der Waals surface area contributed by atoms with Crippen molar-refractivity contribution >= 4 is 15.9 Å². The minimum absolute atomic E-state index is 0.0155. The van der Waals surface area contributed by atoms with E-state index < -0.39 is 10.0 Å². The van der Waals surface area contributed by atoms with Crippen LogP contribution in [0.5, 0.6) is 0 Å². The molecular formula is C13H18N2O3S. The van der Waals surface area contributed by atoms with E-state index >= 15 is 0 Å². The topological polar surface area (TPSA) is 89.3 Å². The van der Waals surface area contributed by atoms with Crippen LogP contribution in [-0.4, -0.2) is 20.4 Å². The summed E-state index contributed by atoms with van der Waals surface area (Å²) >= 11 is 0. The van der Waals surface area contributed by atoms with Gasteiger partial charge in [0.05, 0.1) is 4.90 Å². The number of primary sulfonamides is 1. The molecule has 0 radical (unpaired) electrons. The minimum atomic E-state index is -3.70. The van der Waals surface area contributed by atoms with Crippen LogP contribution in [0.25, 0.3) is 0 Å². The quantitative estimate of drug-likeness (QED) is 0.878. The third-order valence-corrected chi connectivity index (χ3v) is 4.31. The predicted molar refractivity (Wildman–Crippen MR) is 72.2 cm³/mol. The van der Waals surface area contributed by atoms with E-state index in [2.05, 4.69) is 5.32 Å². The number of nitrogens with one attached hydrogen (secondary N) is 1. The zero-order valence-electron chi connectivity index (χ0n) is 10.6. The molecule has 1 amide bonds. The standard InChI is InChI=1S/C13H18N2O3S/c14-19(17,18)12-8-6-10(7-9-12)13(16)15-11-4-2-1-3-5-11/h6-9,11H,1-5H2,(H,15,16)(H2,14,17,18). The maximum absolute atomic E-state index is 12.0. The molecule has 19 heavy (non-hydrogen) atoms. The number of hydrogen-bond acceptors (Lipinski definition) is 3. The van der Waals surface area contributed by atoms with Gasteiger partial charge in [-0.15, -0.1) is 0 Å². The molecule has 1 fully saturated rings. The molecule has 1 aliphatic carbocycles. The van der Waals surface area contributed by atoms with E-state index in [1.165, 1.54) is 30.7 Å². The highest BCUT2D eigenvalue weighted by atomic mass is 32.2. The van der Waals surface area contributed by atoms with Gasteiger partial charge in [0.25, 0.3) is 5.91 Å². The molecule has 0 atom stereocenters. The van der Waals surface area contributed by atoms with Gasteiger partial charge in [0.15, 0.2) is 0 Å². The number of carbonyl (C=O) groups is 1.